The van der Waals surface area contributed by atoms with Gasteiger partial charge in [0, 0.05) is 25.5 Å². The summed E-state index contributed by atoms with van der Waals surface area (Å²) in [7, 11) is -3.60. The Hall–Kier alpha value is -1.52. The topological polar surface area (TPSA) is 116 Å². The lowest BCUT2D eigenvalue weighted by molar-refractivity contribution is 0.552. The van der Waals surface area contributed by atoms with Crippen LogP contribution in [0.3, 0.4) is 0 Å². The number of nitrogen functional groups attached to an aromatic ring is 1. The van der Waals surface area contributed by atoms with Crippen LogP contribution in [0.15, 0.2) is 22.8 Å². The maximum atomic E-state index is 11.7. The molecule has 0 fully saturated rings. The summed E-state index contributed by atoms with van der Waals surface area (Å²) < 4.78 is 27.5. The van der Waals surface area contributed by atoms with Crippen molar-refractivity contribution in [1.82, 2.24) is 24.7 Å². The van der Waals surface area contributed by atoms with E-state index in [9.17, 15) is 8.42 Å². The van der Waals surface area contributed by atoms with E-state index in [4.69, 9.17) is 5.73 Å². The quantitative estimate of drug-likeness (QED) is 0.704. The fraction of sp³-hybridized carbons (Fsp3) is 0.375. The van der Waals surface area contributed by atoms with Crippen LogP contribution in [0, 0.1) is 0 Å². The zero-order valence-electron chi connectivity index (χ0n) is 9.35. The maximum absolute atomic E-state index is 11.7. The summed E-state index contributed by atoms with van der Waals surface area (Å²) in [4.78, 5) is 0. The molecule has 0 bridgehead atoms. The molecule has 0 aliphatic heterocycles. The van der Waals surface area contributed by atoms with Crippen molar-refractivity contribution in [3.8, 4) is 0 Å². The number of nitrogens with two attached hydrogens (primary N) is 1. The van der Waals surface area contributed by atoms with E-state index in [1.807, 2.05) is 12.3 Å². The fourth-order valence-corrected chi connectivity index (χ4v) is 3.17. The van der Waals surface area contributed by atoms with Crippen molar-refractivity contribution in [1.29, 1.82) is 0 Å². The lowest BCUT2D eigenvalue weighted by atomic mass is 10.4. The smallest absolute Gasteiger partial charge is 0.269 e. The van der Waals surface area contributed by atoms with Crippen LogP contribution >= 0.6 is 11.3 Å². The van der Waals surface area contributed by atoms with Crippen LogP contribution in [0.5, 0.6) is 0 Å². The van der Waals surface area contributed by atoms with Gasteiger partial charge in [-0.15, -0.1) is 10.2 Å². The van der Waals surface area contributed by atoms with E-state index in [2.05, 4.69) is 20.0 Å². The first-order chi connectivity index (χ1) is 8.58. The minimum absolute atomic E-state index is 0.112. The van der Waals surface area contributed by atoms with Gasteiger partial charge in [0.2, 0.25) is 9.47 Å². The monoisotopic (exact) mass is 288 g/mol. The van der Waals surface area contributed by atoms with Crippen molar-refractivity contribution < 1.29 is 8.42 Å². The first-order valence-corrected chi connectivity index (χ1v) is 7.44. The fourth-order valence-electron chi connectivity index (χ4n) is 1.27. The zero-order valence-corrected chi connectivity index (χ0v) is 11.0. The molecule has 2 heterocycles. The predicted molar refractivity (Wildman–Crippen MR) is 66.4 cm³/mol. The van der Waals surface area contributed by atoms with Crippen molar-refractivity contribution in [2.75, 3.05) is 12.3 Å². The van der Waals surface area contributed by atoms with E-state index < -0.39 is 10.0 Å². The van der Waals surface area contributed by atoms with Gasteiger partial charge in [-0.3, -0.25) is 4.68 Å². The van der Waals surface area contributed by atoms with Gasteiger partial charge in [-0.1, -0.05) is 11.3 Å². The molecule has 2 aromatic rings. The van der Waals surface area contributed by atoms with E-state index in [0.29, 0.717) is 19.5 Å². The van der Waals surface area contributed by atoms with Gasteiger partial charge in [0.15, 0.2) is 0 Å². The average molecular weight is 288 g/mol. The number of nitrogens with one attached hydrogen (secondary N) is 1. The molecule has 2 rings (SSSR count). The van der Waals surface area contributed by atoms with Gasteiger partial charge in [0.1, 0.15) is 0 Å². The summed E-state index contributed by atoms with van der Waals surface area (Å²) in [5.41, 5.74) is 5.34. The predicted octanol–water partition coefficient (Wildman–Crippen LogP) is -0.315. The van der Waals surface area contributed by atoms with Crippen LogP contribution in [0.25, 0.3) is 0 Å². The van der Waals surface area contributed by atoms with Gasteiger partial charge in [-0.2, -0.15) is 5.10 Å². The molecular formula is C8H12N6O2S2. The molecule has 98 valence electrons. The Morgan fingerprint density at radius 2 is 2.28 bits per heavy atom. The summed E-state index contributed by atoms with van der Waals surface area (Å²) in [6.07, 6.45) is 4.13. The Labute approximate surface area is 108 Å². The van der Waals surface area contributed by atoms with Gasteiger partial charge in [0.25, 0.3) is 10.0 Å². The Bertz CT molecular complexity index is 591. The van der Waals surface area contributed by atoms with E-state index in [0.717, 1.165) is 11.3 Å². The standard InChI is InChI=1S/C8H12N6O2S2/c9-7-12-13-8(17-7)18(15,16)11-4-2-6-14-5-1-3-10-14/h1,3,5,11H,2,4,6H2,(H2,9,12). The molecule has 8 nitrogen and oxygen atoms in total. The van der Waals surface area contributed by atoms with Gasteiger partial charge >= 0.3 is 0 Å². The summed E-state index contributed by atoms with van der Waals surface area (Å²) in [5, 5.41) is 11.1. The average Bonchev–Trinajstić information content (AvgIpc) is 2.95. The molecule has 0 saturated carbocycles. The van der Waals surface area contributed by atoms with Crippen LogP contribution in [-0.2, 0) is 16.6 Å². The molecular weight excluding hydrogens is 276 g/mol. The summed E-state index contributed by atoms with van der Waals surface area (Å²) >= 11 is 0.838. The molecule has 10 heteroatoms. The van der Waals surface area contributed by atoms with Crippen molar-refractivity contribution in [2.45, 2.75) is 17.3 Å². The Morgan fingerprint density at radius 3 is 2.89 bits per heavy atom. The van der Waals surface area contributed by atoms with Gasteiger partial charge in [-0.05, 0) is 12.5 Å². The third-order valence-electron chi connectivity index (χ3n) is 2.07. The second-order valence-electron chi connectivity index (χ2n) is 3.43. The summed E-state index contributed by atoms with van der Waals surface area (Å²) in [6.45, 7) is 0.954. The lowest BCUT2D eigenvalue weighted by Gasteiger charge is -2.03. The minimum atomic E-state index is -3.60. The first-order valence-electron chi connectivity index (χ1n) is 5.14. The van der Waals surface area contributed by atoms with Gasteiger partial charge in [-0.25, -0.2) is 13.1 Å². The van der Waals surface area contributed by atoms with Crippen molar-refractivity contribution >= 4 is 26.5 Å². The largest absolute Gasteiger partial charge is 0.374 e. The van der Waals surface area contributed by atoms with E-state index in [1.54, 1.807) is 10.9 Å². The van der Waals surface area contributed by atoms with Crippen LogP contribution < -0.4 is 10.5 Å². The van der Waals surface area contributed by atoms with E-state index in [1.165, 1.54) is 0 Å². The molecule has 3 N–H and O–H groups in total. The van der Waals surface area contributed by atoms with E-state index in [-0.39, 0.29) is 9.47 Å². The van der Waals surface area contributed by atoms with Crippen molar-refractivity contribution in [2.24, 2.45) is 0 Å². The van der Waals surface area contributed by atoms with Crippen molar-refractivity contribution in [3.05, 3.63) is 18.5 Å². The first kappa shape index (κ1) is 12.9. The summed E-state index contributed by atoms with van der Waals surface area (Å²) in [6, 6.07) is 1.81. The molecule has 18 heavy (non-hydrogen) atoms. The Balaban J connectivity index is 1.82. The molecule has 0 radical (unpaired) electrons. The second kappa shape index (κ2) is 5.42. The minimum Gasteiger partial charge on any atom is -0.374 e. The molecule has 0 amide bonds. The molecule has 0 aliphatic rings. The molecule has 0 aromatic carbocycles. The van der Waals surface area contributed by atoms with Crippen LogP contribution in [0.1, 0.15) is 6.42 Å². The lowest BCUT2D eigenvalue weighted by Crippen LogP contribution is -2.25. The third kappa shape index (κ3) is 3.24. The molecule has 0 aliphatic carbocycles. The van der Waals surface area contributed by atoms with Gasteiger partial charge < -0.3 is 5.73 Å². The molecule has 0 unspecified atom stereocenters. The van der Waals surface area contributed by atoms with Crippen LogP contribution in [-0.4, -0.2) is 34.9 Å². The third-order valence-corrected chi connectivity index (χ3v) is 4.65. The number of sulfonamides is 1. The highest BCUT2D eigenvalue weighted by molar-refractivity contribution is 7.91. The number of nitrogens with zero attached hydrogens (tertiary/aromatic N) is 4. The Morgan fingerprint density at radius 1 is 1.44 bits per heavy atom. The van der Waals surface area contributed by atoms with E-state index >= 15 is 0 Å². The number of aryl methyl sites for hydroxylation is 1. The van der Waals surface area contributed by atoms with Gasteiger partial charge in [0.05, 0.1) is 0 Å². The number of rotatable bonds is 6. The number of hydrogen-bond donors (Lipinski definition) is 2. The highest BCUT2D eigenvalue weighted by Gasteiger charge is 2.18. The van der Waals surface area contributed by atoms with Crippen LogP contribution in [0.2, 0.25) is 0 Å². The normalized spacial score (nSPS) is 11.8. The number of aromatic nitrogens is 4. The molecule has 2 aromatic heterocycles. The van der Waals surface area contributed by atoms with Crippen LogP contribution in [0.4, 0.5) is 5.13 Å². The SMILES string of the molecule is Nc1nnc(S(=O)(=O)NCCCn2cccn2)s1. The highest BCUT2D eigenvalue weighted by Crippen LogP contribution is 2.16. The van der Waals surface area contributed by atoms with Crippen molar-refractivity contribution in [3.63, 3.8) is 0 Å². The second-order valence-corrected chi connectivity index (χ2v) is 6.38. The Kier molecular flexibility index (Phi) is 3.89. The molecule has 0 spiro atoms. The molecule has 0 atom stereocenters. The highest BCUT2D eigenvalue weighted by atomic mass is 32.2. The summed E-state index contributed by atoms with van der Waals surface area (Å²) in [5.74, 6) is 0. The number of hydrogen-bond acceptors (Lipinski definition) is 7. The zero-order chi connectivity index (χ0) is 13.0. The maximum Gasteiger partial charge on any atom is 0.269 e. The number of anilines is 1. The molecule has 0 saturated heterocycles.